The molecule has 8 heteroatoms. The molecule has 1 aromatic carbocycles. The number of nitrogens with one attached hydrogen (secondary N) is 1. The molecule has 0 heterocycles. The van der Waals surface area contributed by atoms with Crippen molar-refractivity contribution >= 4 is 22.4 Å². The van der Waals surface area contributed by atoms with E-state index in [1.165, 1.54) is 0 Å². The first-order chi connectivity index (χ1) is 8.59. The molecule has 20 heavy (non-hydrogen) atoms. The van der Waals surface area contributed by atoms with E-state index in [0.29, 0.717) is 11.1 Å². The van der Waals surface area contributed by atoms with Crippen molar-refractivity contribution in [2.45, 2.75) is 31.6 Å². The SMILES string of the molecule is Cc1cc(C)c(S(=O)(=O)NCC(F)(F)CN)c(C)c1.Cl. The minimum atomic E-state index is -3.97. The van der Waals surface area contributed by atoms with Gasteiger partial charge in [-0.2, -0.15) is 0 Å². The molecule has 0 saturated carbocycles. The molecule has 4 nitrogen and oxygen atoms in total. The molecular formula is C12H19ClF2N2O2S. The highest BCUT2D eigenvalue weighted by atomic mass is 35.5. The van der Waals surface area contributed by atoms with Crippen molar-refractivity contribution in [3.63, 3.8) is 0 Å². The average molecular weight is 329 g/mol. The highest BCUT2D eigenvalue weighted by Crippen LogP contribution is 2.22. The van der Waals surface area contributed by atoms with E-state index in [2.05, 4.69) is 0 Å². The number of nitrogens with two attached hydrogens (primary N) is 1. The van der Waals surface area contributed by atoms with Crippen molar-refractivity contribution in [1.82, 2.24) is 4.72 Å². The Bertz CT molecular complexity index is 554. The highest BCUT2D eigenvalue weighted by Gasteiger charge is 2.30. The third-order valence-electron chi connectivity index (χ3n) is 2.69. The predicted molar refractivity (Wildman–Crippen MR) is 77.1 cm³/mol. The Morgan fingerprint density at radius 1 is 1.20 bits per heavy atom. The van der Waals surface area contributed by atoms with Gasteiger partial charge in [0.25, 0.3) is 5.92 Å². The maximum Gasteiger partial charge on any atom is 0.273 e. The predicted octanol–water partition coefficient (Wildman–Crippen LogP) is 1.91. The second kappa shape index (κ2) is 6.80. The van der Waals surface area contributed by atoms with Crippen LogP contribution in [0.5, 0.6) is 0 Å². The van der Waals surface area contributed by atoms with Crippen molar-refractivity contribution in [3.05, 3.63) is 28.8 Å². The van der Waals surface area contributed by atoms with Gasteiger partial charge in [0.1, 0.15) is 0 Å². The molecule has 0 aliphatic heterocycles. The van der Waals surface area contributed by atoms with E-state index in [-0.39, 0.29) is 17.3 Å². The van der Waals surface area contributed by atoms with Gasteiger partial charge in [-0.25, -0.2) is 21.9 Å². The molecule has 0 spiro atoms. The van der Waals surface area contributed by atoms with Crippen LogP contribution >= 0.6 is 12.4 Å². The Balaban J connectivity index is 0.00000361. The molecule has 116 valence electrons. The number of benzene rings is 1. The fourth-order valence-electron chi connectivity index (χ4n) is 1.94. The first-order valence-electron chi connectivity index (χ1n) is 5.74. The molecule has 0 aliphatic carbocycles. The zero-order valence-electron chi connectivity index (χ0n) is 11.5. The second-order valence-corrected chi connectivity index (χ2v) is 6.32. The van der Waals surface area contributed by atoms with Crippen LogP contribution in [0.25, 0.3) is 0 Å². The summed E-state index contributed by atoms with van der Waals surface area (Å²) in [7, 11) is -3.97. The lowest BCUT2D eigenvalue weighted by molar-refractivity contribution is 0.0170. The minimum absolute atomic E-state index is 0. The maximum atomic E-state index is 13.0. The minimum Gasteiger partial charge on any atom is -0.325 e. The van der Waals surface area contributed by atoms with Crippen LogP contribution in [0.15, 0.2) is 17.0 Å². The van der Waals surface area contributed by atoms with Crippen LogP contribution in [0, 0.1) is 20.8 Å². The van der Waals surface area contributed by atoms with Gasteiger partial charge in [-0.3, -0.25) is 0 Å². The number of rotatable bonds is 5. The number of aryl methyl sites for hydroxylation is 3. The van der Waals surface area contributed by atoms with Crippen molar-refractivity contribution in [3.8, 4) is 0 Å². The first kappa shape index (κ1) is 19.2. The summed E-state index contributed by atoms with van der Waals surface area (Å²) in [4.78, 5) is 0.0471. The van der Waals surface area contributed by atoms with Gasteiger partial charge in [0, 0.05) is 0 Å². The molecule has 3 N–H and O–H groups in total. The molecule has 0 aliphatic rings. The van der Waals surface area contributed by atoms with Gasteiger partial charge in [0.05, 0.1) is 18.0 Å². The lowest BCUT2D eigenvalue weighted by atomic mass is 10.1. The Labute approximate surface area is 124 Å². The zero-order valence-corrected chi connectivity index (χ0v) is 13.2. The topological polar surface area (TPSA) is 72.2 Å². The van der Waals surface area contributed by atoms with Gasteiger partial charge in [-0.05, 0) is 31.9 Å². The standard InChI is InChI=1S/C12H18F2N2O2S.ClH/c1-8-4-9(2)11(10(3)5-8)19(17,18)16-7-12(13,14)6-15;/h4-5,16H,6-7,15H2,1-3H3;1H. The summed E-state index contributed by atoms with van der Waals surface area (Å²) < 4.78 is 52.1. The average Bonchev–Trinajstić information content (AvgIpc) is 2.25. The fourth-order valence-corrected chi connectivity index (χ4v) is 3.45. The summed E-state index contributed by atoms with van der Waals surface area (Å²) in [5, 5.41) is 0. The van der Waals surface area contributed by atoms with Gasteiger partial charge in [-0.1, -0.05) is 17.7 Å². The molecular weight excluding hydrogens is 310 g/mol. The molecule has 1 aromatic rings. The molecule has 0 unspecified atom stereocenters. The number of sulfonamides is 1. The lowest BCUT2D eigenvalue weighted by Gasteiger charge is -2.17. The largest absolute Gasteiger partial charge is 0.325 e. The van der Waals surface area contributed by atoms with Crippen LogP contribution < -0.4 is 10.5 Å². The Morgan fingerprint density at radius 2 is 1.65 bits per heavy atom. The normalized spacial score (nSPS) is 12.1. The summed E-state index contributed by atoms with van der Waals surface area (Å²) in [5.74, 6) is -3.25. The molecule has 0 saturated heterocycles. The summed E-state index contributed by atoms with van der Waals surface area (Å²) >= 11 is 0. The molecule has 0 amide bonds. The van der Waals surface area contributed by atoms with Gasteiger partial charge < -0.3 is 5.73 Å². The Kier molecular flexibility index (Phi) is 6.54. The van der Waals surface area contributed by atoms with E-state index in [9.17, 15) is 17.2 Å². The second-order valence-electron chi connectivity index (χ2n) is 4.61. The maximum absolute atomic E-state index is 13.0. The van der Waals surface area contributed by atoms with E-state index in [1.807, 2.05) is 11.6 Å². The van der Waals surface area contributed by atoms with Crippen molar-refractivity contribution in [1.29, 1.82) is 0 Å². The van der Waals surface area contributed by atoms with Crippen LogP contribution in [-0.4, -0.2) is 27.4 Å². The number of hydrogen-bond donors (Lipinski definition) is 2. The van der Waals surface area contributed by atoms with E-state index < -0.39 is 29.0 Å². The molecule has 0 fully saturated rings. The fraction of sp³-hybridized carbons (Fsp3) is 0.500. The van der Waals surface area contributed by atoms with Crippen LogP contribution in [0.4, 0.5) is 8.78 Å². The van der Waals surface area contributed by atoms with Gasteiger partial charge in [-0.15, -0.1) is 12.4 Å². The smallest absolute Gasteiger partial charge is 0.273 e. The quantitative estimate of drug-likeness (QED) is 0.867. The zero-order chi connectivity index (χ0) is 14.8. The van der Waals surface area contributed by atoms with Crippen LogP contribution in [0.2, 0.25) is 0 Å². The first-order valence-corrected chi connectivity index (χ1v) is 7.23. The molecule has 0 bridgehead atoms. The van der Waals surface area contributed by atoms with E-state index in [0.717, 1.165) is 5.56 Å². The van der Waals surface area contributed by atoms with Crippen molar-refractivity contribution in [2.24, 2.45) is 5.73 Å². The Hall–Kier alpha value is -0.760. The van der Waals surface area contributed by atoms with Crippen molar-refractivity contribution in [2.75, 3.05) is 13.1 Å². The summed E-state index contributed by atoms with van der Waals surface area (Å²) in [6, 6.07) is 3.39. The van der Waals surface area contributed by atoms with Crippen LogP contribution in [0.3, 0.4) is 0 Å². The van der Waals surface area contributed by atoms with Gasteiger partial charge in [0.15, 0.2) is 0 Å². The lowest BCUT2D eigenvalue weighted by Crippen LogP contribution is -2.41. The molecule has 0 atom stereocenters. The van der Waals surface area contributed by atoms with Gasteiger partial charge >= 0.3 is 0 Å². The van der Waals surface area contributed by atoms with E-state index >= 15 is 0 Å². The molecule has 0 aromatic heterocycles. The molecule has 0 radical (unpaired) electrons. The summed E-state index contributed by atoms with van der Waals surface area (Å²) in [5.41, 5.74) is 6.84. The number of alkyl halides is 2. The highest BCUT2D eigenvalue weighted by molar-refractivity contribution is 7.89. The third kappa shape index (κ3) is 4.66. The monoisotopic (exact) mass is 328 g/mol. The van der Waals surface area contributed by atoms with E-state index in [4.69, 9.17) is 5.73 Å². The molecule has 1 rings (SSSR count). The van der Waals surface area contributed by atoms with Crippen LogP contribution in [0.1, 0.15) is 16.7 Å². The van der Waals surface area contributed by atoms with Crippen LogP contribution in [-0.2, 0) is 10.0 Å². The number of hydrogen-bond acceptors (Lipinski definition) is 3. The Morgan fingerprint density at radius 3 is 2.05 bits per heavy atom. The third-order valence-corrected chi connectivity index (χ3v) is 4.40. The summed E-state index contributed by atoms with van der Waals surface area (Å²) in [6.45, 7) is 3.21. The number of halogens is 3. The van der Waals surface area contributed by atoms with Gasteiger partial charge in [0.2, 0.25) is 10.0 Å². The summed E-state index contributed by atoms with van der Waals surface area (Å²) in [6.07, 6.45) is 0. The van der Waals surface area contributed by atoms with E-state index in [1.54, 1.807) is 26.0 Å². The van der Waals surface area contributed by atoms with Crippen molar-refractivity contribution < 1.29 is 17.2 Å².